The summed E-state index contributed by atoms with van der Waals surface area (Å²) in [6.45, 7) is 2.15. The molecule has 0 spiro atoms. The summed E-state index contributed by atoms with van der Waals surface area (Å²) < 4.78 is 17.1. The van der Waals surface area contributed by atoms with Crippen molar-refractivity contribution in [3.63, 3.8) is 0 Å². The highest BCUT2D eigenvalue weighted by molar-refractivity contribution is 6.42. The fourth-order valence-corrected chi connectivity index (χ4v) is 3.01. The molecule has 3 rings (SSSR count). The third-order valence-electron chi connectivity index (χ3n) is 4.13. The lowest BCUT2D eigenvalue weighted by atomic mass is 10.1. The molecule has 0 aliphatic rings. The zero-order chi connectivity index (χ0) is 20.5. The summed E-state index contributed by atoms with van der Waals surface area (Å²) in [5, 5.41) is 4.37. The van der Waals surface area contributed by atoms with Crippen molar-refractivity contribution >= 4 is 23.2 Å². The van der Waals surface area contributed by atoms with Gasteiger partial charge in [-0.25, -0.2) is 4.98 Å². The van der Waals surface area contributed by atoms with Crippen LogP contribution in [0.3, 0.4) is 0 Å². The van der Waals surface area contributed by atoms with Gasteiger partial charge in [-0.2, -0.15) is 0 Å². The largest absolute Gasteiger partial charge is 0.493 e. The van der Waals surface area contributed by atoms with Crippen LogP contribution in [0.4, 0.5) is 0 Å². The van der Waals surface area contributed by atoms with Gasteiger partial charge < -0.3 is 19.5 Å². The first-order chi connectivity index (χ1) is 14.2. The molecule has 1 heterocycles. The monoisotopic (exact) mass is 432 g/mol. The molecule has 29 heavy (non-hydrogen) atoms. The molecule has 0 radical (unpaired) electrons. The maximum atomic E-state index is 6.09. The van der Waals surface area contributed by atoms with E-state index in [1.807, 2.05) is 42.5 Å². The first kappa shape index (κ1) is 21.2. The van der Waals surface area contributed by atoms with E-state index in [2.05, 4.69) is 10.3 Å². The van der Waals surface area contributed by atoms with Crippen LogP contribution in [0.1, 0.15) is 11.1 Å². The number of nitrogens with zero attached hydrogens (tertiary/aromatic N) is 1. The third-order valence-corrected chi connectivity index (χ3v) is 4.87. The molecule has 7 heteroatoms. The molecule has 0 saturated heterocycles. The fraction of sp³-hybridized carbons (Fsp3) is 0.227. The summed E-state index contributed by atoms with van der Waals surface area (Å²) in [7, 11) is 1.62. The van der Waals surface area contributed by atoms with E-state index < -0.39 is 0 Å². The summed E-state index contributed by atoms with van der Waals surface area (Å²) >= 11 is 12.1. The topological polar surface area (TPSA) is 52.6 Å². The number of hydrogen-bond donors (Lipinski definition) is 1. The molecule has 0 saturated carbocycles. The molecule has 0 amide bonds. The highest BCUT2D eigenvalue weighted by Crippen LogP contribution is 2.32. The van der Waals surface area contributed by atoms with Gasteiger partial charge in [0.1, 0.15) is 13.2 Å². The minimum Gasteiger partial charge on any atom is -0.493 e. The van der Waals surface area contributed by atoms with Gasteiger partial charge in [-0.05, 0) is 29.8 Å². The van der Waals surface area contributed by atoms with Crippen molar-refractivity contribution in [2.24, 2.45) is 0 Å². The average molecular weight is 433 g/mol. The van der Waals surface area contributed by atoms with E-state index in [0.29, 0.717) is 53.7 Å². The second-order valence-corrected chi connectivity index (χ2v) is 6.99. The van der Waals surface area contributed by atoms with E-state index in [0.717, 1.165) is 11.1 Å². The minimum atomic E-state index is 0.354. The summed E-state index contributed by atoms with van der Waals surface area (Å²) in [6.07, 6.45) is 1.70. The van der Waals surface area contributed by atoms with Crippen molar-refractivity contribution in [3.8, 4) is 17.4 Å². The number of nitrogens with one attached hydrogen (secondary N) is 1. The summed E-state index contributed by atoms with van der Waals surface area (Å²) in [5.74, 6) is 1.98. The molecule has 152 valence electrons. The molecule has 0 bridgehead atoms. The first-order valence-electron chi connectivity index (χ1n) is 9.14. The maximum Gasteiger partial charge on any atom is 0.213 e. The number of pyridine rings is 1. The Morgan fingerprint density at radius 3 is 2.62 bits per heavy atom. The zero-order valence-corrected chi connectivity index (χ0v) is 17.5. The normalized spacial score (nSPS) is 10.6. The molecular formula is C22H22Cl2N2O3. The van der Waals surface area contributed by atoms with Gasteiger partial charge >= 0.3 is 0 Å². The van der Waals surface area contributed by atoms with Crippen LogP contribution < -0.4 is 19.5 Å². The Kier molecular flexibility index (Phi) is 7.99. The highest BCUT2D eigenvalue weighted by atomic mass is 35.5. The molecule has 0 aliphatic heterocycles. The van der Waals surface area contributed by atoms with E-state index in [4.69, 9.17) is 37.4 Å². The van der Waals surface area contributed by atoms with Crippen molar-refractivity contribution in [3.05, 3.63) is 82.0 Å². The average Bonchev–Trinajstić information content (AvgIpc) is 2.75. The van der Waals surface area contributed by atoms with Gasteiger partial charge in [0.2, 0.25) is 5.88 Å². The van der Waals surface area contributed by atoms with Crippen LogP contribution in [0.5, 0.6) is 17.4 Å². The van der Waals surface area contributed by atoms with Crippen LogP contribution in [0.15, 0.2) is 60.8 Å². The number of aromatic nitrogens is 1. The van der Waals surface area contributed by atoms with E-state index in [1.165, 1.54) is 0 Å². The van der Waals surface area contributed by atoms with Gasteiger partial charge in [0, 0.05) is 30.9 Å². The van der Waals surface area contributed by atoms with Crippen LogP contribution in [0, 0.1) is 0 Å². The van der Waals surface area contributed by atoms with Gasteiger partial charge in [0.25, 0.3) is 0 Å². The number of rotatable bonds is 10. The Morgan fingerprint density at radius 2 is 1.86 bits per heavy atom. The lowest BCUT2D eigenvalue weighted by Gasteiger charge is -2.16. The van der Waals surface area contributed by atoms with Gasteiger partial charge in [-0.1, -0.05) is 47.5 Å². The Hall–Kier alpha value is -2.47. The van der Waals surface area contributed by atoms with Crippen LogP contribution in [0.2, 0.25) is 10.0 Å². The number of ether oxygens (including phenoxy) is 3. The third kappa shape index (κ3) is 6.26. The quantitative estimate of drug-likeness (QED) is 0.449. The van der Waals surface area contributed by atoms with Gasteiger partial charge in [-0.15, -0.1) is 0 Å². The second-order valence-electron chi connectivity index (χ2n) is 6.18. The van der Waals surface area contributed by atoms with Gasteiger partial charge in [0.15, 0.2) is 11.5 Å². The van der Waals surface area contributed by atoms with E-state index >= 15 is 0 Å². The number of benzene rings is 2. The van der Waals surface area contributed by atoms with E-state index in [1.54, 1.807) is 25.4 Å². The molecular weight excluding hydrogens is 411 g/mol. The fourth-order valence-electron chi connectivity index (χ4n) is 2.69. The van der Waals surface area contributed by atoms with Crippen molar-refractivity contribution in [1.82, 2.24) is 10.3 Å². The molecule has 0 unspecified atom stereocenters. The Bertz CT molecular complexity index is 923. The molecule has 0 fully saturated rings. The maximum absolute atomic E-state index is 6.09. The number of methoxy groups -OCH3 is 1. The lowest BCUT2D eigenvalue weighted by molar-refractivity contribution is 0.278. The Labute approximate surface area is 180 Å². The molecule has 3 aromatic rings. The standard InChI is InChI=1S/C22H22Cl2N2O3/c1-27-20-6-4-5-17(14-25-11-12-28-21-7-2-3-10-26-21)22(20)29-15-16-8-9-18(23)19(24)13-16/h2-10,13,25H,11-12,14-15H2,1H3. The molecule has 5 nitrogen and oxygen atoms in total. The SMILES string of the molecule is COc1cccc(CNCCOc2ccccn2)c1OCc1ccc(Cl)c(Cl)c1. The zero-order valence-electron chi connectivity index (χ0n) is 16.0. The number of para-hydroxylation sites is 1. The van der Waals surface area contributed by atoms with Crippen molar-refractivity contribution in [2.45, 2.75) is 13.2 Å². The van der Waals surface area contributed by atoms with Crippen molar-refractivity contribution < 1.29 is 14.2 Å². The Balaban J connectivity index is 1.57. The predicted octanol–water partition coefficient (Wildman–Crippen LogP) is 5.14. The van der Waals surface area contributed by atoms with Crippen molar-refractivity contribution in [2.75, 3.05) is 20.3 Å². The number of halogens is 2. The molecule has 0 atom stereocenters. The summed E-state index contributed by atoms with van der Waals surface area (Å²) in [6, 6.07) is 16.8. The number of hydrogen-bond acceptors (Lipinski definition) is 5. The van der Waals surface area contributed by atoms with Crippen molar-refractivity contribution in [1.29, 1.82) is 0 Å². The first-order valence-corrected chi connectivity index (χ1v) is 9.90. The lowest BCUT2D eigenvalue weighted by Crippen LogP contribution is -2.21. The second kappa shape index (κ2) is 10.9. The van der Waals surface area contributed by atoms with Crippen LogP contribution in [-0.4, -0.2) is 25.2 Å². The van der Waals surface area contributed by atoms with E-state index in [9.17, 15) is 0 Å². The predicted molar refractivity (Wildman–Crippen MR) is 115 cm³/mol. The summed E-state index contributed by atoms with van der Waals surface area (Å²) in [5.41, 5.74) is 1.91. The minimum absolute atomic E-state index is 0.354. The van der Waals surface area contributed by atoms with Crippen LogP contribution >= 0.6 is 23.2 Å². The highest BCUT2D eigenvalue weighted by Gasteiger charge is 2.11. The molecule has 0 aliphatic carbocycles. The smallest absolute Gasteiger partial charge is 0.213 e. The summed E-state index contributed by atoms with van der Waals surface area (Å²) in [4.78, 5) is 4.13. The van der Waals surface area contributed by atoms with Crippen LogP contribution in [-0.2, 0) is 13.2 Å². The van der Waals surface area contributed by atoms with Gasteiger partial charge in [0.05, 0.1) is 17.2 Å². The Morgan fingerprint density at radius 1 is 0.966 bits per heavy atom. The van der Waals surface area contributed by atoms with Gasteiger partial charge in [-0.3, -0.25) is 0 Å². The molecule has 1 N–H and O–H groups in total. The molecule has 2 aromatic carbocycles. The van der Waals surface area contributed by atoms with E-state index in [-0.39, 0.29) is 0 Å². The van der Waals surface area contributed by atoms with Crippen LogP contribution in [0.25, 0.3) is 0 Å². The molecule has 1 aromatic heterocycles.